The van der Waals surface area contributed by atoms with Crippen molar-refractivity contribution in [1.82, 2.24) is 9.78 Å². The summed E-state index contributed by atoms with van der Waals surface area (Å²) < 4.78 is 27.9. The molecule has 142 valence electrons. The van der Waals surface area contributed by atoms with E-state index in [1.54, 1.807) is 31.2 Å². The number of nitrogens with zero attached hydrogens (tertiary/aromatic N) is 2. The number of halogens is 3. The van der Waals surface area contributed by atoms with E-state index < -0.39 is 9.84 Å². The fourth-order valence-electron chi connectivity index (χ4n) is 2.65. The van der Waals surface area contributed by atoms with Gasteiger partial charge in [-0.05, 0) is 36.8 Å². The minimum Gasteiger partial charge on any atom is -0.397 e. The molecule has 0 saturated heterocycles. The molecule has 0 spiro atoms. The monoisotopic (exact) mass is 444 g/mol. The number of nitrogen functional groups attached to an aromatic ring is 2. The summed E-state index contributed by atoms with van der Waals surface area (Å²) in [5, 5.41) is 4.86. The Labute approximate surface area is 171 Å². The number of hydrogen-bond donors (Lipinski definition) is 2. The molecule has 0 fully saturated rings. The highest BCUT2D eigenvalue weighted by molar-refractivity contribution is 7.91. The molecule has 0 aliphatic rings. The molecule has 0 aliphatic carbocycles. The van der Waals surface area contributed by atoms with E-state index in [9.17, 15) is 8.42 Å². The molecular formula is C17H15Cl3N4O2S. The normalized spacial score (nSPS) is 11.7. The first-order valence-corrected chi connectivity index (χ1v) is 10.4. The van der Waals surface area contributed by atoms with Gasteiger partial charge in [0.1, 0.15) is 10.7 Å². The van der Waals surface area contributed by atoms with Crippen LogP contribution in [0.3, 0.4) is 0 Å². The molecule has 0 unspecified atom stereocenters. The largest absolute Gasteiger partial charge is 0.397 e. The number of benzene rings is 2. The summed E-state index contributed by atoms with van der Waals surface area (Å²) in [6.07, 6.45) is 0.340. The molecule has 27 heavy (non-hydrogen) atoms. The SMILES string of the molecule is CCc1nn(-c2cccc(Cl)c2)c(N)c1S(=O)(=O)c1cc(Cl)c(N)cc1Cl. The zero-order chi connectivity index (χ0) is 19.9. The van der Waals surface area contributed by atoms with Gasteiger partial charge in [-0.25, -0.2) is 13.1 Å². The number of hydrogen-bond acceptors (Lipinski definition) is 5. The summed E-state index contributed by atoms with van der Waals surface area (Å²) in [4.78, 5) is -0.303. The van der Waals surface area contributed by atoms with Crippen LogP contribution in [0.4, 0.5) is 11.5 Å². The summed E-state index contributed by atoms with van der Waals surface area (Å²) in [7, 11) is -4.09. The highest BCUT2D eigenvalue weighted by atomic mass is 35.5. The molecule has 3 aromatic rings. The highest BCUT2D eigenvalue weighted by Crippen LogP contribution is 2.37. The third-order valence-electron chi connectivity index (χ3n) is 3.94. The lowest BCUT2D eigenvalue weighted by Crippen LogP contribution is -2.09. The Morgan fingerprint density at radius 3 is 2.41 bits per heavy atom. The van der Waals surface area contributed by atoms with Crippen LogP contribution in [0.25, 0.3) is 5.69 Å². The van der Waals surface area contributed by atoms with Gasteiger partial charge >= 0.3 is 0 Å². The Hall–Kier alpha value is -1.93. The van der Waals surface area contributed by atoms with Gasteiger partial charge in [-0.15, -0.1) is 0 Å². The molecule has 10 heteroatoms. The topological polar surface area (TPSA) is 104 Å². The van der Waals surface area contributed by atoms with Gasteiger partial charge in [0.15, 0.2) is 0 Å². The van der Waals surface area contributed by atoms with Gasteiger partial charge < -0.3 is 11.5 Å². The average Bonchev–Trinajstić information content (AvgIpc) is 2.95. The van der Waals surface area contributed by atoms with Crippen LogP contribution in [0.5, 0.6) is 0 Å². The second kappa shape index (κ2) is 7.24. The molecule has 0 bridgehead atoms. The number of nitrogens with two attached hydrogens (primary N) is 2. The Balaban J connectivity index is 2.27. The standard InChI is InChI=1S/C17H15Cl3N4O2S/c1-2-14-16(17(22)24(23-14)10-5-3-4-9(18)6-10)27(25,26)15-8-11(19)13(21)7-12(15)20/h3-8H,2,21-22H2,1H3. The number of aryl methyl sites for hydroxylation is 1. The zero-order valence-electron chi connectivity index (χ0n) is 14.1. The maximum Gasteiger partial charge on any atom is 0.213 e. The quantitative estimate of drug-likeness (QED) is 0.579. The van der Waals surface area contributed by atoms with E-state index in [0.29, 0.717) is 22.8 Å². The molecule has 0 atom stereocenters. The molecule has 1 aromatic heterocycles. The van der Waals surface area contributed by atoms with Gasteiger partial charge in [-0.2, -0.15) is 5.10 Å². The van der Waals surface area contributed by atoms with Gasteiger partial charge in [-0.1, -0.05) is 47.8 Å². The van der Waals surface area contributed by atoms with Crippen LogP contribution in [0.2, 0.25) is 15.1 Å². The third-order valence-corrected chi connectivity index (χ3v) is 6.83. The molecule has 0 amide bonds. The summed E-state index contributed by atoms with van der Waals surface area (Å²) in [6, 6.07) is 9.27. The number of sulfone groups is 1. The van der Waals surface area contributed by atoms with Crippen molar-refractivity contribution in [2.24, 2.45) is 0 Å². The van der Waals surface area contributed by atoms with Crippen LogP contribution in [0.15, 0.2) is 46.2 Å². The molecule has 1 heterocycles. The molecular weight excluding hydrogens is 431 g/mol. The van der Waals surface area contributed by atoms with E-state index in [1.165, 1.54) is 16.8 Å². The Morgan fingerprint density at radius 2 is 1.78 bits per heavy atom. The van der Waals surface area contributed by atoms with E-state index in [-0.39, 0.29) is 31.3 Å². The predicted octanol–water partition coefficient (Wildman–Crippen LogP) is 4.39. The van der Waals surface area contributed by atoms with Gasteiger partial charge in [0, 0.05) is 5.02 Å². The highest BCUT2D eigenvalue weighted by Gasteiger charge is 2.31. The lowest BCUT2D eigenvalue weighted by molar-refractivity contribution is 0.595. The lowest BCUT2D eigenvalue weighted by atomic mass is 10.3. The van der Waals surface area contributed by atoms with Crippen molar-refractivity contribution in [3.05, 3.63) is 57.2 Å². The summed E-state index contributed by atoms with van der Waals surface area (Å²) in [6.45, 7) is 1.78. The van der Waals surface area contributed by atoms with Crippen LogP contribution in [0, 0.1) is 0 Å². The fourth-order valence-corrected chi connectivity index (χ4v) is 5.21. The van der Waals surface area contributed by atoms with Crippen molar-refractivity contribution >= 4 is 56.1 Å². The van der Waals surface area contributed by atoms with Gasteiger partial charge in [-0.3, -0.25) is 0 Å². The fraction of sp³-hybridized carbons (Fsp3) is 0.118. The van der Waals surface area contributed by atoms with Crippen molar-refractivity contribution in [1.29, 1.82) is 0 Å². The van der Waals surface area contributed by atoms with Gasteiger partial charge in [0.2, 0.25) is 9.84 Å². The smallest absolute Gasteiger partial charge is 0.213 e. The van der Waals surface area contributed by atoms with Crippen molar-refractivity contribution in [2.45, 2.75) is 23.1 Å². The first kappa shape index (κ1) is 19.8. The summed E-state index contributed by atoms with van der Waals surface area (Å²) in [5.41, 5.74) is 12.9. The summed E-state index contributed by atoms with van der Waals surface area (Å²) in [5.74, 6) is -0.0434. The second-order valence-corrected chi connectivity index (χ2v) is 8.82. The van der Waals surface area contributed by atoms with Gasteiger partial charge in [0.05, 0.1) is 32.0 Å². The van der Waals surface area contributed by atoms with E-state index >= 15 is 0 Å². The van der Waals surface area contributed by atoms with E-state index in [1.807, 2.05) is 0 Å². The van der Waals surface area contributed by atoms with E-state index in [4.69, 9.17) is 46.3 Å². The van der Waals surface area contributed by atoms with E-state index in [0.717, 1.165) is 0 Å². The van der Waals surface area contributed by atoms with Crippen LogP contribution in [0.1, 0.15) is 12.6 Å². The minimum absolute atomic E-state index is 0.0434. The zero-order valence-corrected chi connectivity index (χ0v) is 17.2. The molecule has 6 nitrogen and oxygen atoms in total. The molecule has 0 aliphatic heterocycles. The molecule has 3 rings (SSSR count). The maximum atomic E-state index is 13.3. The lowest BCUT2D eigenvalue weighted by Gasteiger charge is -2.10. The predicted molar refractivity (Wildman–Crippen MR) is 109 cm³/mol. The summed E-state index contributed by atoms with van der Waals surface area (Å²) >= 11 is 18.1. The van der Waals surface area contributed by atoms with Crippen LogP contribution in [-0.4, -0.2) is 18.2 Å². The van der Waals surface area contributed by atoms with Crippen molar-refractivity contribution in [3.8, 4) is 5.69 Å². The van der Waals surface area contributed by atoms with Crippen molar-refractivity contribution < 1.29 is 8.42 Å². The number of aromatic nitrogens is 2. The van der Waals surface area contributed by atoms with Crippen LogP contribution >= 0.6 is 34.8 Å². The second-order valence-electron chi connectivity index (χ2n) is 5.71. The van der Waals surface area contributed by atoms with Crippen LogP contribution < -0.4 is 11.5 Å². The molecule has 4 N–H and O–H groups in total. The first-order chi connectivity index (χ1) is 12.7. The average molecular weight is 446 g/mol. The van der Waals surface area contributed by atoms with Crippen molar-refractivity contribution in [2.75, 3.05) is 11.5 Å². The third kappa shape index (κ3) is 3.48. The Bertz CT molecular complexity index is 1140. The minimum atomic E-state index is -4.09. The van der Waals surface area contributed by atoms with Crippen LogP contribution in [-0.2, 0) is 16.3 Å². The van der Waals surface area contributed by atoms with Crippen molar-refractivity contribution in [3.63, 3.8) is 0 Å². The Kier molecular flexibility index (Phi) is 5.31. The maximum absolute atomic E-state index is 13.3. The number of anilines is 2. The van der Waals surface area contributed by atoms with E-state index in [2.05, 4.69) is 5.10 Å². The molecule has 0 radical (unpaired) electrons. The molecule has 0 saturated carbocycles. The van der Waals surface area contributed by atoms with Gasteiger partial charge in [0.25, 0.3) is 0 Å². The molecule has 2 aromatic carbocycles. The first-order valence-electron chi connectivity index (χ1n) is 7.79. The number of rotatable bonds is 4. The Morgan fingerprint density at radius 1 is 1.07 bits per heavy atom.